The number of fused-ring (bicyclic) bond motifs is 1. The highest BCUT2D eigenvalue weighted by molar-refractivity contribution is 7.91. The van der Waals surface area contributed by atoms with Gasteiger partial charge in [-0.25, -0.2) is 13.4 Å². The molecule has 0 saturated carbocycles. The second-order valence-electron chi connectivity index (χ2n) is 7.95. The van der Waals surface area contributed by atoms with E-state index in [0.29, 0.717) is 27.7 Å². The number of anilines is 1. The first-order valence-corrected chi connectivity index (χ1v) is 14.0. The van der Waals surface area contributed by atoms with Gasteiger partial charge in [0.2, 0.25) is 6.10 Å². The van der Waals surface area contributed by atoms with E-state index in [2.05, 4.69) is 16.9 Å². The zero-order chi connectivity index (χ0) is 26.4. The molecule has 4 rings (SSSR count). The molecule has 192 valence electrons. The van der Waals surface area contributed by atoms with Gasteiger partial charge in [0.05, 0.1) is 27.5 Å². The van der Waals surface area contributed by atoms with Gasteiger partial charge < -0.3 is 14.6 Å². The van der Waals surface area contributed by atoms with Crippen LogP contribution in [0.15, 0.2) is 78.2 Å². The molecule has 0 radical (unpaired) electrons. The molecule has 8 nitrogen and oxygen atoms in total. The summed E-state index contributed by atoms with van der Waals surface area (Å²) in [5.41, 5.74) is 2.07. The van der Waals surface area contributed by atoms with Gasteiger partial charge in [0.25, 0.3) is 5.91 Å². The first-order valence-electron chi connectivity index (χ1n) is 11.5. The van der Waals surface area contributed by atoms with Crippen LogP contribution in [0.3, 0.4) is 0 Å². The van der Waals surface area contributed by atoms with Crippen molar-refractivity contribution in [1.82, 2.24) is 4.98 Å². The SMILES string of the molecule is C=Cc1ccc(OC(C(=O)Nc2nc3ccc(OCCO)cc3s2)c2ccc(S(=O)(=O)CC)cc2)cc1. The lowest BCUT2D eigenvalue weighted by Crippen LogP contribution is -2.25. The Kier molecular flexibility index (Phi) is 8.22. The van der Waals surface area contributed by atoms with Crippen molar-refractivity contribution >= 4 is 48.5 Å². The molecule has 0 fully saturated rings. The van der Waals surface area contributed by atoms with Crippen LogP contribution in [0, 0.1) is 0 Å². The van der Waals surface area contributed by atoms with Crippen LogP contribution >= 0.6 is 11.3 Å². The van der Waals surface area contributed by atoms with Crippen molar-refractivity contribution in [3.05, 3.63) is 84.4 Å². The summed E-state index contributed by atoms with van der Waals surface area (Å²) >= 11 is 1.27. The highest BCUT2D eigenvalue weighted by atomic mass is 32.2. The lowest BCUT2D eigenvalue weighted by Gasteiger charge is -2.19. The van der Waals surface area contributed by atoms with Crippen LogP contribution in [0.4, 0.5) is 5.13 Å². The number of hydrogen-bond donors (Lipinski definition) is 2. The maximum absolute atomic E-state index is 13.4. The number of aliphatic hydroxyl groups is 1. The monoisotopic (exact) mass is 538 g/mol. The van der Waals surface area contributed by atoms with Crippen LogP contribution in [0.5, 0.6) is 11.5 Å². The number of rotatable bonds is 11. The van der Waals surface area contributed by atoms with Gasteiger partial charge in [0, 0.05) is 5.56 Å². The lowest BCUT2D eigenvalue weighted by molar-refractivity contribution is -0.123. The van der Waals surface area contributed by atoms with E-state index in [0.717, 1.165) is 10.3 Å². The van der Waals surface area contributed by atoms with Gasteiger partial charge in [0.15, 0.2) is 15.0 Å². The summed E-state index contributed by atoms with van der Waals surface area (Å²) < 4.78 is 36.8. The van der Waals surface area contributed by atoms with Crippen molar-refractivity contribution < 1.29 is 27.8 Å². The molecule has 0 saturated heterocycles. The van der Waals surface area contributed by atoms with Gasteiger partial charge in [-0.1, -0.05) is 55.2 Å². The molecule has 0 aliphatic heterocycles. The topological polar surface area (TPSA) is 115 Å². The Bertz CT molecular complexity index is 1500. The Morgan fingerprint density at radius 2 is 1.81 bits per heavy atom. The second-order valence-corrected chi connectivity index (χ2v) is 11.3. The molecule has 2 N–H and O–H groups in total. The molecule has 0 spiro atoms. The number of amides is 1. The normalized spacial score (nSPS) is 12.2. The van der Waals surface area contributed by atoms with E-state index in [-0.39, 0.29) is 23.9 Å². The molecule has 0 bridgehead atoms. The number of ether oxygens (including phenoxy) is 2. The van der Waals surface area contributed by atoms with Crippen LogP contribution < -0.4 is 14.8 Å². The zero-order valence-electron chi connectivity index (χ0n) is 20.1. The quantitative estimate of drug-likeness (QED) is 0.280. The molecule has 3 aromatic carbocycles. The van der Waals surface area contributed by atoms with Crippen LogP contribution in [0.25, 0.3) is 16.3 Å². The highest BCUT2D eigenvalue weighted by Gasteiger charge is 2.25. The van der Waals surface area contributed by atoms with Gasteiger partial charge in [-0.15, -0.1) is 0 Å². The summed E-state index contributed by atoms with van der Waals surface area (Å²) in [6.07, 6.45) is 0.636. The number of nitrogens with one attached hydrogen (secondary N) is 1. The fourth-order valence-electron chi connectivity index (χ4n) is 3.49. The second kappa shape index (κ2) is 11.5. The fraction of sp³-hybridized carbons (Fsp3) is 0.185. The third kappa shape index (κ3) is 6.34. The Labute approximate surface area is 219 Å². The van der Waals surface area contributed by atoms with Crippen molar-refractivity contribution in [2.45, 2.75) is 17.9 Å². The first kappa shape index (κ1) is 26.3. The molecule has 1 unspecified atom stereocenters. The summed E-state index contributed by atoms with van der Waals surface area (Å²) in [4.78, 5) is 18.1. The molecule has 1 heterocycles. The molecule has 1 aromatic heterocycles. The van der Waals surface area contributed by atoms with Crippen molar-refractivity contribution in [3.8, 4) is 11.5 Å². The minimum Gasteiger partial charge on any atom is -0.491 e. The minimum absolute atomic E-state index is 0.0211. The summed E-state index contributed by atoms with van der Waals surface area (Å²) in [7, 11) is -3.38. The van der Waals surface area contributed by atoms with E-state index in [1.807, 2.05) is 12.1 Å². The Hall–Kier alpha value is -3.73. The maximum Gasteiger partial charge on any atom is 0.271 e. The van der Waals surface area contributed by atoms with Gasteiger partial charge in [0.1, 0.15) is 18.1 Å². The fourth-order valence-corrected chi connectivity index (χ4v) is 5.27. The third-order valence-corrected chi connectivity index (χ3v) is 8.16. The number of carbonyl (C=O) groups is 1. The molecule has 4 aromatic rings. The predicted octanol–water partition coefficient (Wildman–Crippen LogP) is 4.86. The number of thiazole rings is 1. The van der Waals surface area contributed by atoms with Crippen LogP contribution in [0.1, 0.15) is 24.2 Å². The van der Waals surface area contributed by atoms with Gasteiger partial charge in [-0.2, -0.15) is 0 Å². The van der Waals surface area contributed by atoms with Gasteiger partial charge in [-0.05, 0) is 48.0 Å². The van der Waals surface area contributed by atoms with Gasteiger partial charge in [-0.3, -0.25) is 10.1 Å². The average molecular weight is 539 g/mol. The van der Waals surface area contributed by atoms with E-state index < -0.39 is 21.8 Å². The van der Waals surface area contributed by atoms with Crippen molar-refractivity contribution in [3.63, 3.8) is 0 Å². The number of sulfone groups is 1. The molecule has 1 amide bonds. The van der Waals surface area contributed by atoms with E-state index >= 15 is 0 Å². The van der Waals surface area contributed by atoms with Crippen LogP contribution in [0.2, 0.25) is 0 Å². The Balaban J connectivity index is 1.61. The maximum atomic E-state index is 13.4. The summed E-state index contributed by atoms with van der Waals surface area (Å²) in [5.74, 6) is 0.572. The number of benzene rings is 3. The van der Waals surface area contributed by atoms with Crippen molar-refractivity contribution in [1.29, 1.82) is 0 Å². The molecule has 0 aliphatic carbocycles. The molecular formula is C27H26N2O6S2. The Morgan fingerprint density at radius 3 is 2.46 bits per heavy atom. The number of carbonyl (C=O) groups excluding carboxylic acids is 1. The zero-order valence-corrected chi connectivity index (χ0v) is 21.7. The third-order valence-electron chi connectivity index (χ3n) is 5.48. The van der Waals surface area contributed by atoms with E-state index in [4.69, 9.17) is 14.6 Å². The van der Waals surface area contributed by atoms with Crippen LogP contribution in [-0.2, 0) is 14.6 Å². The smallest absolute Gasteiger partial charge is 0.271 e. The summed E-state index contributed by atoms with van der Waals surface area (Å²) in [6.45, 7) is 5.40. The lowest BCUT2D eigenvalue weighted by atomic mass is 10.1. The van der Waals surface area contributed by atoms with Gasteiger partial charge >= 0.3 is 0 Å². The van der Waals surface area contributed by atoms with Crippen molar-refractivity contribution in [2.75, 3.05) is 24.3 Å². The first-order chi connectivity index (χ1) is 17.8. The number of nitrogens with zero attached hydrogens (tertiary/aromatic N) is 1. The molecule has 1 atom stereocenters. The summed E-state index contributed by atoms with van der Waals surface area (Å²) in [5, 5.41) is 12.2. The van der Waals surface area contributed by atoms with E-state index in [1.54, 1.807) is 55.5 Å². The Morgan fingerprint density at radius 1 is 1.11 bits per heavy atom. The largest absolute Gasteiger partial charge is 0.491 e. The number of aliphatic hydroxyl groups excluding tert-OH is 1. The van der Waals surface area contributed by atoms with E-state index in [9.17, 15) is 13.2 Å². The molecule has 10 heteroatoms. The number of hydrogen-bond acceptors (Lipinski definition) is 8. The summed E-state index contributed by atoms with van der Waals surface area (Å²) in [6, 6.07) is 18.5. The van der Waals surface area contributed by atoms with Crippen molar-refractivity contribution in [2.24, 2.45) is 0 Å². The molecular weight excluding hydrogens is 512 g/mol. The van der Waals surface area contributed by atoms with E-state index in [1.165, 1.54) is 23.5 Å². The minimum atomic E-state index is -3.38. The number of aromatic nitrogens is 1. The van der Waals surface area contributed by atoms with Crippen LogP contribution in [-0.4, -0.2) is 43.4 Å². The highest BCUT2D eigenvalue weighted by Crippen LogP contribution is 2.31. The average Bonchev–Trinajstić information content (AvgIpc) is 3.32. The molecule has 0 aliphatic rings. The standard InChI is InChI=1S/C27H26N2O6S2/c1-3-18-5-9-20(10-6-18)35-25(19-7-12-22(13-8-19)37(32,33)4-2)26(31)29-27-28-23-14-11-21(34-16-15-30)17-24(23)36-27/h3,5-14,17,25,30H,1,4,15-16H2,2H3,(H,28,29,31). The predicted molar refractivity (Wildman–Crippen MR) is 145 cm³/mol. The molecule has 37 heavy (non-hydrogen) atoms.